The van der Waals surface area contributed by atoms with Crippen LogP contribution in [0, 0.1) is 0 Å². The van der Waals surface area contributed by atoms with Crippen molar-refractivity contribution in [2.75, 3.05) is 0 Å². The molecule has 5 rings (SSSR count). The van der Waals surface area contributed by atoms with Crippen molar-refractivity contribution in [3.8, 4) is 0 Å². The summed E-state index contributed by atoms with van der Waals surface area (Å²) >= 11 is 0. The van der Waals surface area contributed by atoms with Crippen LogP contribution in [0.15, 0.2) is 97.1 Å². The van der Waals surface area contributed by atoms with E-state index in [4.69, 9.17) is 5.11 Å². The van der Waals surface area contributed by atoms with E-state index in [-0.39, 0.29) is 5.57 Å². The molecule has 0 aliphatic rings. The van der Waals surface area contributed by atoms with Crippen LogP contribution in [-0.4, -0.2) is 11.1 Å². The fourth-order valence-corrected chi connectivity index (χ4v) is 3.39. The molecule has 5 aromatic carbocycles. The Bertz CT molecular complexity index is 1170. The van der Waals surface area contributed by atoms with Gasteiger partial charge in [0.1, 0.15) is 0 Å². The highest BCUT2D eigenvalue weighted by atomic mass is 16.4. The summed E-state index contributed by atoms with van der Waals surface area (Å²) in [6.45, 7) is 4.60. The Morgan fingerprint density at radius 2 is 0.821 bits per heavy atom. The van der Waals surface area contributed by atoms with E-state index in [1.807, 2.05) is 0 Å². The summed E-state index contributed by atoms with van der Waals surface area (Å²) in [5, 5.41) is 18.3. The normalized spacial score (nSPS) is 10.8. The summed E-state index contributed by atoms with van der Waals surface area (Å²) in [5.41, 5.74) is 0.176. The van der Waals surface area contributed by atoms with Crippen molar-refractivity contribution >= 4 is 49.1 Å². The van der Waals surface area contributed by atoms with Crippen molar-refractivity contribution in [2.45, 2.75) is 6.92 Å². The zero-order valence-corrected chi connectivity index (χ0v) is 15.6. The van der Waals surface area contributed by atoms with Crippen LogP contribution in [0.2, 0.25) is 0 Å². The zero-order chi connectivity index (χ0) is 19.7. The lowest BCUT2D eigenvalue weighted by molar-refractivity contribution is -0.132. The predicted octanol–water partition coefficient (Wildman–Crippen LogP) is 6.95. The summed E-state index contributed by atoms with van der Waals surface area (Å²) in [5.74, 6) is -0.935. The van der Waals surface area contributed by atoms with E-state index < -0.39 is 5.97 Å². The third-order valence-electron chi connectivity index (χ3n) is 4.89. The minimum absolute atomic E-state index is 0.176. The highest BCUT2D eigenvalue weighted by Crippen LogP contribution is 2.29. The number of carbonyl (C=O) groups is 1. The maximum absolute atomic E-state index is 9.60. The molecule has 1 N–H and O–H groups in total. The fourth-order valence-electron chi connectivity index (χ4n) is 3.39. The van der Waals surface area contributed by atoms with Crippen molar-refractivity contribution in [2.24, 2.45) is 0 Å². The molecule has 0 aromatic heterocycles. The second kappa shape index (κ2) is 7.16. The zero-order valence-electron chi connectivity index (χ0n) is 15.6. The summed E-state index contributed by atoms with van der Waals surface area (Å²) in [6, 6.07) is 30.9. The molecule has 0 spiro atoms. The van der Waals surface area contributed by atoms with Crippen LogP contribution in [0.25, 0.3) is 43.1 Å². The van der Waals surface area contributed by atoms with Gasteiger partial charge in [-0.15, -0.1) is 0 Å². The largest absolute Gasteiger partial charge is 0.478 e. The average Bonchev–Trinajstić information content (AvgIpc) is 2.69. The van der Waals surface area contributed by atoms with E-state index in [1.165, 1.54) is 50.0 Å². The van der Waals surface area contributed by atoms with E-state index in [9.17, 15) is 4.79 Å². The second-order valence-electron chi connectivity index (χ2n) is 7.03. The minimum atomic E-state index is -0.935. The fraction of sp³-hybridized carbons (Fsp3) is 0.0385. The van der Waals surface area contributed by atoms with Crippen LogP contribution >= 0.6 is 0 Å². The molecule has 0 saturated carbocycles. The van der Waals surface area contributed by atoms with Gasteiger partial charge in [-0.1, -0.05) is 55.1 Å². The number of carboxylic acids is 1. The monoisotopic (exact) mass is 364 g/mol. The smallest absolute Gasteiger partial charge is 0.330 e. The van der Waals surface area contributed by atoms with Gasteiger partial charge in [0, 0.05) is 5.57 Å². The first-order valence-corrected chi connectivity index (χ1v) is 9.15. The Labute approximate surface area is 163 Å². The molecule has 0 bridgehead atoms. The quantitative estimate of drug-likeness (QED) is 0.258. The van der Waals surface area contributed by atoms with Gasteiger partial charge >= 0.3 is 5.97 Å². The number of aliphatic carboxylic acids is 1. The highest BCUT2D eigenvalue weighted by Gasteiger charge is 2.02. The Hall–Kier alpha value is -3.65. The van der Waals surface area contributed by atoms with E-state index in [0.717, 1.165) is 0 Å². The van der Waals surface area contributed by atoms with Gasteiger partial charge in [0.15, 0.2) is 0 Å². The topological polar surface area (TPSA) is 37.3 Å². The van der Waals surface area contributed by atoms with Gasteiger partial charge in [-0.3, -0.25) is 0 Å². The number of benzene rings is 5. The highest BCUT2D eigenvalue weighted by molar-refractivity contribution is 6.08. The SMILES string of the molecule is C=C(C)C(=O)O.c1ccc2cc3cc4cc5ccccc5cc4cc3cc2c1. The molecule has 0 heterocycles. The summed E-state index contributed by atoms with van der Waals surface area (Å²) in [7, 11) is 0. The van der Waals surface area contributed by atoms with Gasteiger partial charge < -0.3 is 5.11 Å². The van der Waals surface area contributed by atoms with E-state index in [2.05, 4.69) is 91.5 Å². The number of carboxylic acid groups (broad SMARTS) is 1. The molecule has 136 valence electrons. The lowest BCUT2D eigenvalue weighted by Crippen LogP contribution is -1.92. The first-order valence-electron chi connectivity index (χ1n) is 9.15. The third-order valence-corrected chi connectivity index (χ3v) is 4.89. The van der Waals surface area contributed by atoms with Crippen molar-refractivity contribution in [3.63, 3.8) is 0 Å². The van der Waals surface area contributed by atoms with E-state index in [1.54, 1.807) is 0 Å². The molecule has 0 aliphatic heterocycles. The summed E-state index contributed by atoms with van der Waals surface area (Å²) < 4.78 is 0. The number of fused-ring (bicyclic) bond motifs is 4. The number of hydrogen-bond donors (Lipinski definition) is 1. The van der Waals surface area contributed by atoms with Crippen LogP contribution in [0.3, 0.4) is 0 Å². The van der Waals surface area contributed by atoms with E-state index in [0.29, 0.717) is 0 Å². The molecule has 0 amide bonds. The molecule has 0 radical (unpaired) electrons. The molecule has 28 heavy (non-hydrogen) atoms. The molecule has 0 fully saturated rings. The molecule has 0 aliphatic carbocycles. The van der Waals surface area contributed by atoms with Crippen molar-refractivity contribution in [1.82, 2.24) is 0 Å². The molecule has 0 atom stereocenters. The molecule has 2 heteroatoms. The molecular weight excluding hydrogens is 344 g/mol. The number of rotatable bonds is 1. The molecular formula is C26H20O2. The average molecular weight is 364 g/mol. The second-order valence-corrected chi connectivity index (χ2v) is 7.03. The van der Waals surface area contributed by atoms with Gasteiger partial charge in [-0.25, -0.2) is 4.79 Å². The van der Waals surface area contributed by atoms with Gasteiger partial charge in [0.05, 0.1) is 0 Å². The van der Waals surface area contributed by atoms with Gasteiger partial charge in [0.25, 0.3) is 0 Å². The van der Waals surface area contributed by atoms with Crippen molar-refractivity contribution in [1.29, 1.82) is 0 Å². The summed E-state index contributed by atoms with van der Waals surface area (Å²) in [4.78, 5) is 9.60. The predicted molar refractivity (Wildman–Crippen MR) is 119 cm³/mol. The van der Waals surface area contributed by atoms with E-state index >= 15 is 0 Å². The van der Waals surface area contributed by atoms with Gasteiger partial charge in [0.2, 0.25) is 0 Å². The van der Waals surface area contributed by atoms with Crippen LogP contribution in [-0.2, 0) is 4.79 Å². The Morgan fingerprint density at radius 3 is 1.04 bits per heavy atom. The standard InChI is InChI=1S/C22H14.C4H6O2/c1-2-6-16-10-20-14-22-12-18-8-4-3-7-17(18)11-21(22)13-19(20)9-15(16)5-1;1-3(2)4(5)6/h1-14H;1H2,2H3,(H,5,6). The van der Waals surface area contributed by atoms with Crippen LogP contribution < -0.4 is 0 Å². The molecule has 2 nitrogen and oxygen atoms in total. The first kappa shape index (κ1) is 17.7. The maximum atomic E-state index is 9.60. The lowest BCUT2D eigenvalue weighted by atomic mass is 9.97. The Morgan fingerprint density at radius 1 is 0.607 bits per heavy atom. The molecule has 0 saturated heterocycles. The Kier molecular flexibility index (Phi) is 4.54. The lowest BCUT2D eigenvalue weighted by Gasteiger charge is -2.07. The third kappa shape index (κ3) is 3.45. The van der Waals surface area contributed by atoms with Crippen molar-refractivity contribution < 1.29 is 9.90 Å². The van der Waals surface area contributed by atoms with Gasteiger partial charge in [-0.2, -0.15) is 0 Å². The van der Waals surface area contributed by atoms with Crippen LogP contribution in [0.4, 0.5) is 0 Å². The van der Waals surface area contributed by atoms with Crippen molar-refractivity contribution in [3.05, 3.63) is 97.1 Å². The van der Waals surface area contributed by atoms with Gasteiger partial charge in [-0.05, 0) is 86.4 Å². The van der Waals surface area contributed by atoms with Crippen LogP contribution in [0.1, 0.15) is 6.92 Å². The maximum Gasteiger partial charge on any atom is 0.330 e. The van der Waals surface area contributed by atoms with Crippen LogP contribution in [0.5, 0.6) is 0 Å². The summed E-state index contributed by atoms with van der Waals surface area (Å²) in [6.07, 6.45) is 0. The molecule has 5 aromatic rings. The Balaban J connectivity index is 0.000000283. The first-order chi connectivity index (χ1) is 13.5. The number of hydrogen-bond acceptors (Lipinski definition) is 1. The molecule has 0 unspecified atom stereocenters. The minimum Gasteiger partial charge on any atom is -0.478 e.